The van der Waals surface area contributed by atoms with Crippen molar-refractivity contribution >= 4 is 29.3 Å². The predicted octanol–water partition coefficient (Wildman–Crippen LogP) is 3.63. The molecule has 1 amide bonds. The molecular weight excluding hydrogens is 299 g/mol. The van der Waals surface area contributed by atoms with Gasteiger partial charge in [0.05, 0.1) is 16.8 Å². The lowest BCUT2D eigenvalue weighted by molar-refractivity contribution is -0.120. The van der Waals surface area contributed by atoms with Gasteiger partial charge < -0.3 is 5.32 Å². The van der Waals surface area contributed by atoms with Crippen LogP contribution in [-0.2, 0) is 4.79 Å². The van der Waals surface area contributed by atoms with E-state index in [1.165, 1.54) is 23.9 Å². The Labute approximate surface area is 127 Å². The molecule has 0 aliphatic rings. The molecule has 0 aromatic heterocycles. The van der Waals surface area contributed by atoms with Crippen molar-refractivity contribution in [2.75, 3.05) is 5.75 Å². The Balaban J connectivity index is 2.60. The van der Waals surface area contributed by atoms with Gasteiger partial charge in [0, 0.05) is 4.90 Å². The first-order chi connectivity index (χ1) is 9.28. The van der Waals surface area contributed by atoms with Gasteiger partial charge in [-0.3, -0.25) is 4.79 Å². The molecule has 1 N–H and O–H groups in total. The highest BCUT2D eigenvalue weighted by Gasteiger charge is 2.29. The second kappa shape index (κ2) is 6.96. The van der Waals surface area contributed by atoms with E-state index < -0.39 is 11.4 Å². The molecule has 0 fully saturated rings. The number of hydrogen-bond acceptors (Lipinski definition) is 3. The van der Waals surface area contributed by atoms with E-state index >= 15 is 0 Å². The van der Waals surface area contributed by atoms with Crippen LogP contribution in [0.25, 0.3) is 0 Å². The average Bonchev–Trinajstić information content (AvgIpc) is 2.39. The highest BCUT2D eigenvalue weighted by atomic mass is 35.5. The molecule has 0 aliphatic heterocycles. The zero-order valence-corrected chi connectivity index (χ0v) is 13.1. The monoisotopic (exact) mass is 314 g/mol. The molecule has 1 aromatic rings. The molecule has 1 atom stereocenters. The number of nitrogens with one attached hydrogen (secondary N) is 1. The van der Waals surface area contributed by atoms with Gasteiger partial charge in [0.1, 0.15) is 11.4 Å². The summed E-state index contributed by atoms with van der Waals surface area (Å²) in [5.74, 6) is -0.585. The summed E-state index contributed by atoms with van der Waals surface area (Å²) in [6.07, 6.45) is 0. The average molecular weight is 315 g/mol. The number of benzene rings is 1. The molecule has 1 aromatic carbocycles. The smallest absolute Gasteiger partial charge is 0.231 e. The van der Waals surface area contributed by atoms with Gasteiger partial charge in [0.2, 0.25) is 5.91 Å². The Morgan fingerprint density at radius 3 is 2.75 bits per heavy atom. The molecule has 0 unspecified atom stereocenters. The number of thioether (sulfide) groups is 1. The molecule has 0 heterocycles. The van der Waals surface area contributed by atoms with Crippen LogP contribution in [0.15, 0.2) is 23.1 Å². The van der Waals surface area contributed by atoms with E-state index in [-0.39, 0.29) is 22.6 Å². The normalized spacial score (nSPS) is 13.7. The lowest BCUT2D eigenvalue weighted by Crippen LogP contribution is -2.49. The largest absolute Gasteiger partial charge is 0.337 e. The van der Waals surface area contributed by atoms with Crippen molar-refractivity contribution in [2.24, 2.45) is 5.92 Å². The van der Waals surface area contributed by atoms with Gasteiger partial charge in [-0.15, -0.1) is 11.8 Å². The maximum absolute atomic E-state index is 13.0. The van der Waals surface area contributed by atoms with Crippen molar-refractivity contribution in [3.05, 3.63) is 29.0 Å². The lowest BCUT2D eigenvalue weighted by atomic mass is 9.90. The molecule has 0 radical (unpaired) electrons. The molecule has 3 nitrogen and oxygen atoms in total. The van der Waals surface area contributed by atoms with Crippen LogP contribution in [0.4, 0.5) is 4.39 Å². The molecular formula is C14H16ClFN2OS. The number of hydrogen-bond donors (Lipinski definition) is 1. The Hall–Kier alpha value is -1.25. The Kier molecular flexibility index (Phi) is 5.85. The summed E-state index contributed by atoms with van der Waals surface area (Å²) in [6, 6.07) is 6.41. The van der Waals surface area contributed by atoms with Crippen LogP contribution in [0, 0.1) is 23.1 Å². The van der Waals surface area contributed by atoms with E-state index in [2.05, 4.69) is 11.4 Å². The van der Waals surface area contributed by atoms with Gasteiger partial charge >= 0.3 is 0 Å². The van der Waals surface area contributed by atoms with Gasteiger partial charge in [0.15, 0.2) is 0 Å². The minimum absolute atomic E-state index is 0.00159. The fraction of sp³-hybridized carbons (Fsp3) is 0.429. The maximum Gasteiger partial charge on any atom is 0.231 e. The highest BCUT2D eigenvalue weighted by Crippen LogP contribution is 2.24. The van der Waals surface area contributed by atoms with Crippen LogP contribution in [0.5, 0.6) is 0 Å². The van der Waals surface area contributed by atoms with Gasteiger partial charge in [0.25, 0.3) is 0 Å². The molecule has 6 heteroatoms. The lowest BCUT2D eigenvalue weighted by Gasteiger charge is -2.27. The van der Waals surface area contributed by atoms with E-state index in [1.54, 1.807) is 13.0 Å². The summed E-state index contributed by atoms with van der Waals surface area (Å²) >= 11 is 6.91. The zero-order valence-electron chi connectivity index (χ0n) is 11.5. The van der Waals surface area contributed by atoms with E-state index in [0.29, 0.717) is 4.90 Å². The number of rotatable bonds is 5. The first-order valence-corrected chi connectivity index (χ1v) is 7.45. The standard InChI is InChI=1S/C14H16ClFN2OS/c1-9(2)14(3,8-17)18-13(19)7-20-10-4-5-12(16)11(15)6-10/h4-6,9H,7H2,1-3H3,(H,18,19)/t14-/m1/s1. The van der Waals surface area contributed by atoms with Crippen LogP contribution in [0.2, 0.25) is 5.02 Å². The van der Waals surface area contributed by atoms with Crippen LogP contribution in [0.1, 0.15) is 20.8 Å². The fourth-order valence-electron chi connectivity index (χ4n) is 1.34. The molecule has 0 spiro atoms. The molecule has 1 rings (SSSR count). The summed E-state index contributed by atoms with van der Waals surface area (Å²) in [7, 11) is 0. The predicted molar refractivity (Wildman–Crippen MR) is 79.1 cm³/mol. The topological polar surface area (TPSA) is 52.9 Å². The number of carbonyl (C=O) groups excluding carboxylic acids is 1. The summed E-state index contributed by atoms with van der Waals surface area (Å²) in [5.41, 5.74) is -0.891. The van der Waals surface area contributed by atoms with Crippen molar-refractivity contribution < 1.29 is 9.18 Å². The third-order valence-electron chi connectivity index (χ3n) is 3.05. The summed E-state index contributed by atoms with van der Waals surface area (Å²) in [4.78, 5) is 12.6. The minimum atomic E-state index is -0.891. The zero-order chi connectivity index (χ0) is 15.3. The van der Waals surface area contributed by atoms with Crippen molar-refractivity contribution in [2.45, 2.75) is 31.2 Å². The Bertz CT molecular complexity index is 544. The SMILES string of the molecule is CC(C)[C@@](C)(C#N)NC(=O)CSc1ccc(F)c(Cl)c1. The minimum Gasteiger partial charge on any atom is -0.337 e. The van der Waals surface area contributed by atoms with E-state index in [1.807, 2.05) is 13.8 Å². The number of carbonyl (C=O) groups is 1. The first kappa shape index (κ1) is 16.8. The van der Waals surface area contributed by atoms with Crippen molar-refractivity contribution in [3.8, 4) is 6.07 Å². The summed E-state index contributed by atoms with van der Waals surface area (Å²) < 4.78 is 13.0. The van der Waals surface area contributed by atoms with E-state index in [4.69, 9.17) is 16.9 Å². The van der Waals surface area contributed by atoms with Crippen LogP contribution >= 0.6 is 23.4 Å². The molecule has 0 bridgehead atoms. The van der Waals surface area contributed by atoms with Gasteiger partial charge in [-0.05, 0) is 31.0 Å². The van der Waals surface area contributed by atoms with Crippen LogP contribution in [0.3, 0.4) is 0 Å². The number of nitriles is 1. The van der Waals surface area contributed by atoms with Crippen LogP contribution in [-0.4, -0.2) is 17.2 Å². The number of halogens is 2. The van der Waals surface area contributed by atoms with Gasteiger partial charge in [-0.1, -0.05) is 25.4 Å². The second-order valence-corrected chi connectivity index (χ2v) is 6.34. The quantitative estimate of drug-likeness (QED) is 0.844. The first-order valence-electron chi connectivity index (χ1n) is 6.08. The van der Waals surface area contributed by atoms with E-state index in [9.17, 15) is 9.18 Å². The molecule has 0 saturated heterocycles. The van der Waals surface area contributed by atoms with Crippen LogP contribution < -0.4 is 5.32 Å². The van der Waals surface area contributed by atoms with Crippen molar-refractivity contribution in [3.63, 3.8) is 0 Å². The molecule has 0 aliphatic carbocycles. The summed E-state index contributed by atoms with van der Waals surface area (Å²) in [6.45, 7) is 5.43. The molecule has 20 heavy (non-hydrogen) atoms. The molecule has 108 valence electrons. The number of nitrogens with zero attached hydrogens (tertiary/aromatic N) is 1. The van der Waals surface area contributed by atoms with Crippen molar-refractivity contribution in [1.82, 2.24) is 5.32 Å². The Morgan fingerprint density at radius 2 is 2.25 bits per heavy atom. The Morgan fingerprint density at radius 1 is 1.60 bits per heavy atom. The second-order valence-electron chi connectivity index (χ2n) is 4.88. The van der Waals surface area contributed by atoms with Gasteiger partial charge in [-0.25, -0.2) is 4.39 Å². The highest BCUT2D eigenvalue weighted by molar-refractivity contribution is 8.00. The van der Waals surface area contributed by atoms with Gasteiger partial charge in [-0.2, -0.15) is 5.26 Å². The third-order valence-corrected chi connectivity index (χ3v) is 4.33. The third kappa shape index (κ3) is 4.39. The summed E-state index contributed by atoms with van der Waals surface area (Å²) in [5, 5.41) is 11.9. The fourth-order valence-corrected chi connectivity index (χ4v) is 2.32. The van der Waals surface area contributed by atoms with E-state index in [0.717, 1.165) is 0 Å². The number of amides is 1. The van der Waals surface area contributed by atoms with Crippen molar-refractivity contribution in [1.29, 1.82) is 5.26 Å². The molecule has 0 saturated carbocycles. The maximum atomic E-state index is 13.0.